The van der Waals surface area contributed by atoms with E-state index in [-0.39, 0.29) is 11.0 Å². The van der Waals surface area contributed by atoms with Gasteiger partial charge in [0.25, 0.3) is 11.5 Å². The van der Waals surface area contributed by atoms with Crippen molar-refractivity contribution in [3.05, 3.63) is 45.6 Å². The molecular formula is C18H23N3O4. The van der Waals surface area contributed by atoms with Gasteiger partial charge in [-0.05, 0) is 19.1 Å². The third-order valence-corrected chi connectivity index (χ3v) is 3.68. The summed E-state index contributed by atoms with van der Waals surface area (Å²) in [5, 5.41) is 2.69. The van der Waals surface area contributed by atoms with E-state index in [2.05, 4.69) is 15.3 Å². The molecule has 7 heteroatoms. The van der Waals surface area contributed by atoms with Gasteiger partial charge < -0.3 is 19.8 Å². The van der Waals surface area contributed by atoms with Gasteiger partial charge in [-0.1, -0.05) is 20.8 Å². The van der Waals surface area contributed by atoms with Gasteiger partial charge in [0.1, 0.15) is 11.4 Å². The summed E-state index contributed by atoms with van der Waals surface area (Å²) in [6.07, 6.45) is 0. The quantitative estimate of drug-likeness (QED) is 0.888. The lowest BCUT2D eigenvalue weighted by Gasteiger charge is -2.18. The zero-order valence-electron chi connectivity index (χ0n) is 15.3. The predicted octanol–water partition coefficient (Wildman–Crippen LogP) is 2.65. The number of amides is 1. The largest absolute Gasteiger partial charge is 0.493 e. The summed E-state index contributed by atoms with van der Waals surface area (Å²) in [6.45, 7) is 7.46. The second-order valence-corrected chi connectivity index (χ2v) is 6.65. The first-order valence-corrected chi connectivity index (χ1v) is 7.82. The zero-order chi connectivity index (χ0) is 18.8. The number of aromatic amines is 1. The Kier molecular flexibility index (Phi) is 5.15. The van der Waals surface area contributed by atoms with Crippen molar-refractivity contribution in [3.63, 3.8) is 0 Å². The predicted molar refractivity (Wildman–Crippen MR) is 95.8 cm³/mol. The van der Waals surface area contributed by atoms with Crippen LogP contribution in [0.1, 0.15) is 42.6 Å². The lowest BCUT2D eigenvalue weighted by atomic mass is 9.95. The maximum atomic E-state index is 12.5. The number of anilines is 1. The Labute approximate surface area is 146 Å². The maximum Gasteiger partial charge on any atom is 0.264 e. The van der Waals surface area contributed by atoms with Crippen LogP contribution in [0.5, 0.6) is 11.5 Å². The van der Waals surface area contributed by atoms with Crippen molar-refractivity contribution >= 4 is 11.6 Å². The van der Waals surface area contributed by atoms with Crippen LogP contribution in [0.15, 0.2) is 23.0 Å². The number of aryl methyl sites for hydroxylation is 1. The van der Waals surface area contributed by atoms with Crippen molar-refractivity contribution in [2.75, 3.05) is 19.5 Å². The molecule has 2 rings (SSSR count). The van der Waals surface area contributed by atoms with Gasteiger partial charge in [-0.3, -0.25) is 9.59 Å². The Morgan fingerprint density at radius 1 is 1.16 bits per heavy atom. The van der Waals surface area contributed by atoms with Crippen LogP contribution in [0, 0.1) is 6.92 Å². The maximum absolute atomic E-state index is 12.5. The van der Waals surface area contributed by atoms with Gasteiger partial charge in [0.05, 0.1) is 19.9 Å². The van der Waals surface area contributed by atoms with Crippen LogP contribution in [0.2, 0.25) is 0 Å². The molecule has 0 fully saturated rings. The summed E-state index contributed by atoms with van der Waals surface area (Å²) >= 11 is 0. The third kappa shape index (κ3) is 3.99. The van der Waals surface area contributed by atoms with Crippen LogP contribution >= 0.6 is 0 Å². The molecule has 7 nitrogen and oxygen atoms in total. The monoisotopic (exact) mass is 345 g/mol. The Bertz CT molecular complexity index is 850. The Morgan fingerprint density at radius 2 is 1.80 bits per heavy atom. The van der Waals surface area contributed by atoms with Crippen molar-refractivity contribution in [1.29, 1.82) is 0 Å². The van der Waals surface area contributed by atoms with E-state index in [1.807, 2.05) is 20.8 Å². The second kappa shape index (κ2) is 6.96. The fourth-order valence-electron chi connectivity index (χ4n) is 2.32. The summed E-state index contributed by atoms with van der Waals surface area (Å²) in [5.41, 5.74) is 0.0774. The first-order valence-electron chi connectivity index (χ1n) is 7.82. The van der Waals surface area contributed by atoms with Gasteiger partial charge in [0.2, 0.25) is 0 Å². The average molecular weight is 345 g/mol. The molecule has 0 saturated heterocycles. The highest BCUT2D eigenvalue weighted by Gasteiger charge is 2.22. The van der Waals surface area contributed by atoms with Crippen molar-refractivity contribution in [3.8, 4) is 11.5 Å². The SMILES string of the molecule is COc1ccc(NC(=O)c2c(C)nc(C(C)(C)C)[nH]c2=O)cc1OC. The molecule has 25 heavy (non-hydrogen) atoms. The number of hydrogen-bond acceptors (Lipinski definition) is 5. The summed E-state index contributed by atoms with van der Waals surface area (Å²) in [6, 6.07) is 4.96. The molecule has 2 aromatic rings. The molecule has 0 aliphatic carbocycles. The topological polar surface area (TPSA) is 93.3 Å². The lowest BCUT2D eigenvalue weighted by molar-refractivity contribution is 0.102. The van der Waals surface area contributed by atoms with Crippen molar-refractivity contribution < 1.29 is 14.3 Å². The molecule has 0 unspecified atom stereocenters. The second-order valence-electron chi connectivity index (χ2n) is 6.65. The third-order valence-electron chi connectivity index (χ3n) is 3.68. The van der Waals surface area contributed by atoms with Crippen LogP contribution in [-0.4, -0.2) is 30.1 Å². The van der Waals surface area contributed by atoms with E-state index in [9.17, 15) is 9.59 Å². The molecule has 0 aliphatic rings. The fraction of sp³-hybridized carbons (Fsp3) is 0.389. The smallest absolute Gasteiger partial charge is 0.264 e. The highest BCUT2D eigenvalue weighted by molar-refractivity contribution is 6.04. The molecule has 0 radical (unpaired) electrons. The van der Waals surface area contributed by atoms with Gasteiger partial charge in [0, 0.05) is 17.2 Å². The number of nitrogens with one attached hydrogen (secondary N) is 2. The fourth-order valence-corrected chi connectivity index (χ4v) is 2.32. The molecule has 0 saturated carbocycles. The van der Waals surface area contributed by atoms with E-state index in [4.69, 9.17) is 9.47 Å². The van der Waals surface area contributed by atoms with E-state index < -0.39 is 11.5 Å². The minimum atomic E-state index is -0.529. The van der Waals surface area contributed by atoms with Crippen molar-refractivity contribution in [2.24, 2.45) is 0 Å². The summed E-state index contributed by atoms with van der Waals surface area (Å²) < 4.78 is 10.4. The van der Waals surface area contributed by atoms with E-state index in [1.54, 1.807) is 25.1 Å². The number of H-pyrrole nitrogens is 1. The van der Waals surface area contributed by atoms with Crippen LogP contribution in [0.4, 0.5) is 5.69 Å². The van der Waals surface area contributed by atoms with E-state index in [1.165, 1.54) is 14.2 Å². The molecule has 1 aromatic heterocycles. The zero-order valence-corrected chi connectivity index (χ0v) is 15.3. The Balaban J connectivity index is 2.35. The molecule has 134 valence electrons. The summed E-state index contributed by atoms with van der Waals surface area (Å²) in [5.74, 6) is 1.04. The molecule has 1 aromatic carbocycles. The number of rotatable bonds is 4. The van der Waals surface area contributed by atoms with E-state index in [0.717, 1.165) is 0 Å². The summed E-state index contributed by atoms with van der Waals surface area (Å²) in [7, 11) is 3.04. The first-order chi connectivity index (χ1) is 11.7. The average Bonchev–Trinajstić information content (AvgIpc) is 2.53. The van der Waals surface area contributed by atoms with Crippen LogP contribution in [-0.2, 0) is 5.41 Å². The Morgan fingerprint density at radius 3 is 2.32 bits per heavy atom. The number of benzene rings is 1. The summed E-state index contributed by atoms with van der Waals surface area (Å²) in [4.78, 5) is 31.9. The van der Waals surface area contributed by atoms with Gasteiger partial charge in [-0.15, -0.1) is 0 Å². The van der Waals surface area contributed by atoms with Gasteiger partial charge in [-0.2, -0.15) is 0 Å². The molecule has 2 N–H and O–H groups in total. The molecule has 1 heterocycles. The van der Waals surface area contributed by atoms with Gasteiger partial charge >= 0.3 is 0 Å². The van der Waals surface area contributed by atoms with Crippen molar-refractivity contribution in [2.45, 2.75) is 33.1 Å². The van der Waals surface area contributed by atoms with Crippen molar-refractivity contribution in [1.82, 2.24) is 9.97 Å². The van der Waals surface area contributed by atoms with E-state index >= 15 is 0 Å². The van der Waals surface area contributed by atoms with Crippen LogP contribution in [0.25, 0.3) is 0 Å². The number of aromatic nitrogens is 2. The highest BCUT2D eigenvalue weighted by atomic mass is 16.5. The molecule has 1 amide bonds. The number of nitrogens with zero attached hydrogens (tertiary/aromatic N) is 1. The minimum Gasteiger partial charge on any atom is -0.493 e. The molecule has 0 atom stereocenters. The number of ether oxygens (including phenoxy) is 2. The van der Waals surface area contributed by atoms with Gasteiger partial charge in [0.15, 0.2) is 11.5 Å². The lowest BCUT2D eigenvalue weighted by Crippen LogP contribution is -2.30. The highest BCUT2D eigenvalue weighted by Crippen LogP contribution is 2.29. The molecule has 0 bridgehead atoms. The molecular weight excluding hydrogens is 322 g/mol. The minimum absolute atomic E-state index is 0.0113. The van der Waals surface area contributed by atoms with Crippen LogP contribution in [0.3, 0.4) is 0 Å². The Hall–Kier alpha value is -2.83. The number of hydrogen-bond donors (Lipinski definition) is 2. The number of carbonyl (C=O) groups excluding carboxylic acids is 1. The van der Waals surface area contributed by atoms with Gasteiger partial charge in [-0.25, -0.2) is 4.98 Å². The molecule has 0 spiro atoms. The molecule has 0 aliphatic heterocycles. The standard InChI is InChI=1S/C18H23N3O4/c1-10-14(16(23)21-17(19-10)18(2,3)4)15(22)20-11-7-8-12(24-5)13(9-11)25-6/h7-9H,1-6H3,(H,20,22)(H,19,21,23). The number of methoxy groups -OCH3 is 2. The first kappa shape index (κ1) is 18.5. The number of carbonyl (C=O) groups is 1. The normalized spacial score (nSPS) is 11.1. The van der Waals surface area contributed by atoms with E-state index in [0.29, 0.717) is 28.7 Å². The van der Waals surface area contributed by atoms with Crippen LogP contribution < -0.4 is 20.3 Å².